The van der Waals surface area contributed by atoms with E-state index < -0.39 is 5.60 Å². The molecule has 82 valence electrons. The number of allylic oxidation sites excluding steroid dienone is 2. The van der Waals surface area contributed by atoms with Crippen molar-refractivity contribution in [2.75, 3.05) is 7.11 Å². The van der Waals surface area contributed by atoms with Gasteiger partial charge in [-0.1, -0.05) is 12.7 Å². The molecule has 0 saturated heterocycles. The fraction of sp³-hybridized carbons (Fsp3) is 0.538. The molecule has 1 N–H and O–H groups in total. The number of fused-ring (bicyclic) bond motifs is 1. The number of ether oxygens (including phenoxy) is 1. The molecule has 15 heavy (non-hydrogen) atoms. The van der Waals surface area contributed by atoms with Gasteiger partial charge in [0.2, 0.25) is 0 Å². The van der Waals surface area contributed by atoms with Crippen LogP contribution >= 0.6 is 0 Å². The number of hydrogen-bond donors (Lipinski definition) is 1. The van der Waals surface area contributed by atoms with Gasteiger partial charge in [0.15, 0.2) is 0 Å². The zero-order chi connectivity index (χ0) is 10.9. The first-order chi connectivity index (χ1) is 7.19. The maximum Gasteiger partial charge on any atom is 0.114 e. The van der Waals surface area contributed by atoms with Gasteiger partial charge in [0.05, 0.1) is 7.11 Å². The summed E-state index contributed by atoms with van der Waals surface area (Å²) < 4.78 is 5.22. The van der Waals surface area contributed by atoms with Crippen molar-refractivity contribution in [2.45, 2.75) is 31.3 Å². The second-order valence-corrected chi connectivity index (χ2v) is 4.36. The molecule has 2 nitrogen and oxygen atoms in total. The molecule has 0 spiro atoms. The molecule has 2 unspecified atom stereocenters. The summed E-state index contributed by atoms with van der Waals surface area (Å²) in [5, 5.41) is 10.4. The minimum atomic E-state index is -0.805. The van der Waals surface area contributed by atoms with Gasteiger partial charge >= 0.3 is 0 Å². The topological polar surface area (TPSA) is 29.5 Å². The molecule has 0 amide bonds. The Bertz CT molecular complexity index is 327. The third-order valence-corrected chi connectivity index (χ3v) is 3.52. The molecule has 0 aromatic heterocycles. The van der Waals surface area contributed by atoms with Crippen LogP contribution < -0.4 is 0 Å². The third-order valence-electron chi connectivity index (χ3n) is 3.52. The fourth-order valence-electron chi connectivity index (χ4n) is 2.59. The Balaban J connectivity index is 2.34. The molecule has 0 aromatic rings. The Hall–Kier alpha value is -1.02. The van der Waals surface area contributed by atoms with Gasteiger partial charge in [-0.3, -0.25) is 0 Å². The monoisotopic (exact) mass is 206 g/mol. The van der Waals surface area contributed by atoms with E-state index in [0.29, 0.717) is 5.92 Å². The predicted octanol–water partition coefficient (Wildman–Crippen LogP) is 2.56. The lowest BCUT2D eigenvalue weighted by Gasteiger charge is -2.39. The van der Waals surface area contributed by atoms with E-state index in [1.54, 1.807) is 13.2 Å². The van der Waals surface area contributed by atoms with Crippen molar-refractivity contribution < 1.29 is 9.84 Å². The maximum absolute atomic E-state index is 10.4. The molecule has 0 radical (unpaired) electrons. The standard InChI is InChI=1S/C13H18O2/c1-3-13(14)8-4-5-10-6-7-11(15-2)9-12(10)13/h3,7,9-10,14H,1,4-6,8H2,2H3. The molecule has 0 aliphatic heterocycles. The van der Waals surface area contributed by atoms with Gasteiger partial charge in [-0.2, -0.15) is 0 Å². The minimum Gasteiger partial charge on any atom is -0.497 e. The molecule has 0 bridgehead atoms. The van der Waals surface area contributed by atoms with Crippen LogP contribution in [0, 0.1) is 5.92 Å². The average Bonchev–Trinajstić information content (AvgIpc) is 2.29. The van der Waals surface area contributed by atoms with Crippen LogP contribution in [-0.4, -0.2) is 17.8 Å². The zero-order valence-corrected chi connectivity index (χ0v) is 9.20. The van der Waals surface area contributed by atoms with Crippen LogP contribution in [0.1, 0.15) is 25.7 Å². The Morgan fingerprint density at radius 1 is 1.67 bits per heavy atom. The minimum absolute atomic E-state index is 0.473. The van der Waals surface area contributed by atoms with Crippen LogP contribution in [0.2, 0.25) is 0 Å². The Morgan fingerprint density at radius 2 is 2.47 bits per heavy atom. The second-order valence-electron chi connectivity index (χ2n) is 4.36. The van der Waals surface area contributed by atoms with Crippen molar-refractivity contribution in [2.24, 2.45) is 5.92 Å². The lowest BCUT2D eigenvalue weighted by molar-refractivity contribution is 0.0832. The van der Waals surface area contributed by atoms with E-state index in [1.165, 1.54) is 0 Å². The summed E-state index contributed by atoms with van der Waals surface area (Å²) in [5.41, 5.74) is 0.282. The summed E-state index contributed by atoms with van der Waals surface area (Å²) >= 11 is 0. The predicted molar refractivity (Wildman–Crippen MR) is 60.3 cm³/mol. The lowest BCUT2D eigenvalue weighted by atomic mass is 9.70. The van der Waals surface area contributed by atoms with E-state index in [0.717, 1.165) is 37.0 Å². The van der Waals surface area contributed by atoms with Gasteiger partial charge in [-0.25, -0.2) is 0 Å². The molecule has 2 aliphatic rings. The van der Waals surface area contributed by atoms with Crippen LogP contribution in [-0.2, 0) is 4.74 Å². The summed E-state index contributed by atoms with van der Waals surface area (Å²) in [4.78, 5) is 0. The summed E-state index contributed by atoms with van der Waals surface area (Å²) in [6.45, 7) is 3.75. The second kappa shape index (κ2) is 3.86. The summed E-state index contributed by atoms with van der Waals surface area (Å²) in [7, 11) is 1.67. The Labute approximate surface area is 90.9 Å². The lowest BCUT2D eigenvalue weighted by Crippen LogP contribution is -2.37. The highest BCUT2D eigenvalue weighted by Crippen LogP contribution is 2.42. The molecule has 2 aliphatic carbocycles. The van der Waals surface area contributed by atoms with Crippen LogP contribution in [0.25, 0.3) is 0 Å². The summed E-state index contributed by atoms with van der Waals surface area (Å²) in [6.07, 6.45) is 9.75. The molecule has 1 fully saturated rings. The van der Waals surface area contributed by atoms with Crippen LogP contribution in [0.15, 0.2) is 36.1 Å². The number of aliphatic hydroxyl groups is 1. The van der Waals surface area contributed by atoms with E-state index in [-0.39, 0.29) is 0 Å². The van der Waals surface area contributed by atoms with Crippen molar-refractivity contribution in [1.82, 2.24) is 0 Å². The van der Waals surface area contributed by atoms with Crippen molar-refractivity contribution in [3.63, 3.8) is 0 Å². The van der Waals surface area contributed by atoms with Gasteiger partial charge < -0.3 is 9.84 Å². The SMILES string of the molecule is C=CC1(O)CCCC2CC=C(OC)C=C21. The van der Waals surface area contributed by atoms with E-state index in [1.807, 2.05) is 6.08 Å². The maximum atomic E-state index is 10.4. The van der Waals surface area contributed by atoms with Crippen molar-refractivity contribution in [3.05, 3.63) is 36.1 Å². The first-order valence-electron chi connectivity index (χ1n) is 5.52. The summed E-state index contributed by atoms with van der Waals surface area (Å²) in [5.74, 6) is 1.34. The largest absolute Gasteiger partial charge is 0.497 e. The first-order valence-corrected chi connectivity index (χ1v) is 5.52. The first kappa shape index (κ1) is 10.5. The van der Waals surface area contributed by atoms with E-state index in [2.05, 4.69) is 12.7 Å². The van der Waals surface area contributed by atoms with Gasteiger partial charge in [-0.05, 0) is 49.3 Å². The van der Waals surface area contributed by atoms with Crippen LogP contribution in [0.3, 0.4) is 0 Å². The molecular formula is C13H18O2. The van der Waals surface area contributed by atoms with Crippen molar-refractivity contribution in [3.8, 4) is 0 Å². The smallest absolute Gasteiger partial charge is 0.114 e. The zero-order valence-electron chi connectivity index (χ0n) is 9.20. The van der Waals surface area contributed by atoms with Gasteiger partial charge in [-0.15, -0.1) is 0 Å². The molecule has 0 heterocycles. The van der Waals surface area contributed by atoms with Gasteiger partial charge in [0, 0.05) is 0 Å². The highest BCUT2D eigenvalue weighted by molar-refractivity contribution is 5.36. The number of rotatable bonds is 2. The highest BCUT2D eigenvalue weighted by atomic mass is 16.5. The molecule has 0 aromatic carbocycles. The number of hydrogen-bond acceptors (Lipinski definition) is 2. The van der Waals surface area contributed by atoms with Crippen LogP contribution in [0.4, 0.5) is 0 Å². The summed E-state index contributed by atoms with van der Waals surface area (Å²) in [6, 6.07) is 0. The highest BCUT2D eigenvalue weighted by Gasteiger charge is 2.37. The molecule has 2 rings (SSSR count). The van der Waals surface area contributed by atoms with Crippen LogP contribution in [0.5, 0.6) is 0 Å². The number of methoxy groups -OCH3 is 1. The average molecular weight is 206 g/mol. The fourth-order valence-corrected chi connectivity index (χ4v) is 2.59. The van der Waals surface area contributed by atoms with Gasteiger partial charge in [0.1, 0.15) is 11.4 Å². The normalized spacial score (nSPS) is 34.9. The third kappa shape index (κ3) is 1.74. The molecule has 1 saturated carbocycles. The Kier molecular flexibility index (Phi) is 2.70. The van der Waals surface area contributed by atoms with E-state index in [4.69, 9.17) is 4.74 Å². The molecule has 2 atom stereocenters. The van der Waals surface area contributed by atoms with Crippen molar-refractivity contribution >= 4 is 0 Å². The van der Waals surface area contributed by atoms with Crippen molar-refractivity contribution in [1.29, 1.82) is 0 Å². The molecular weight excluding hydrogens is 188 g/mol. The van der Waals surface area contributed by atoms with E-state index >= 15 is 0 Å². The quantitative estimate of drug-likeness (QED) is 0.704. The molecule has 2 heteroatoms. The van der Waals surface area contributed by atoms with E-state index in [9.17, 15) is 5.11 Å². The van der Waals surface area contributed by atoms with Gasteiger partial charge in [0.25, 0.3) is 0 Å². The Morgan fingerprint density at radius 3 is 3.13 bits per heavy atom.